The Morgan fingerprint density at radius 2 is 1.80 bits per heavy atom. The zero-order chi connectivity index (χ0) is 21.7. The molecule has 1 aliphatic heterocycles. The van der Waals surface area contributed by atoms with Gasteiger partial charge in [-0.15, -0.1) is 0 Å². The van der Waals surface area contributed by atoms with Gasteiger partial charge in [-0.05, 0) is 41.8 Å². The Kier molecular flexibility index (Phi) is 6.51. The van der Waals surface area contributed by atoms with Crippen LogP contribution in [0, 0.1) is 0 Å². The van der Waals surface area contributed by atoms with E-state index < -0.39 is 24.3 Å². The van der Waals surface area contributed by atoms with Crippen LogP contribution in [-0.2, 0) is 9.59 Å². The van der Waals surface area contributed by atoms with Gasteiger partial charge in [0.05, 0.1) is 13.7 Å². The lowest BCUT2D eigenvalue weighted by molar-refractivity contribution is -0.141. The van der Waals surface area contributed by atoms with Crippen molar-refractivity contribution >= 4 is 29.4 Å². The minimum absolute atomic E-state index is 0.246. The van der Waals surface area contributed by atoms with Crippen LogP contribution in [0.4, 0.5) is 0 Å². The number of amides is 2. The van der Waals surface area contributed by atoms with E-state index in [9.17, 15) is 14.4 Å². The molecule has 156 valence electrons. The zero-order valence-electron chi connectivity index (χ0n) is 16.9. The fraction of sp³-hybridized carbons (Fsp3) is 0.261. The van der Waals surface area contributed by atoms with E-state index in [4.69, 9.17) is 14.6 Å². The Balaban J connectivity index is 2.05. The summed E-state index contributed by atoms with van der Waals surface area (Å²) in [4.78, 5) is 37.5. The molecule has 0 unspecified atom stereocenters. The van der Waals surface area contributed by atoms with E-state index >= 15 is 0 Å². The van der Waals surface area contributed by atoms with Crippen LogP contribution in [0.15, 0.2) is 42.5 Å². The predicted molar refractivity (Wildman–Crippen MR) is 111 cm³/mol. The average molecular weight is 409 g/mol. The van der Waals surface area contributed by atoms with Crippen molar-refractivity contribution in [1.82, 2.24) is 4.90 Å². The molecule has 0 fully saturated rings. The van der Waals surface area contributed by atoms with Crippen LogP contribution in [0.2, 0.25) is 0 Å². The number of methoxy groups -OCH3 is 1. The van der Waals surface area contributed by atoms with Gasteiger partial charge >= 0.3 is 5.97 Å². The van der Waals surface area contributed by atoms with E-state index in [1.165, 1.54) is 0 Å². The summed E-state index contributed by atoms with van der Waals surface area (Å²) in [6, 6.07) is 11.9. The summed E-state index contributed by atoms with van der Waals surface area (Å²) < 4.78 is 11.1. The average Bonchev–Trinajstić information content (AvgIpc) is 2.74. The number of carbonyl (C=O) groups is 3. The van der Waals surface area contributed by atoms with Crippen molar-refractivity contribution in [3.05, 3.63) is 59.2 Å². The molecule has 2 aromatic carbocycles. The van der Waals surface area contributed by atoms with Crippen molar-refractivity contribution in [2.45, 2.75) is 19.8 Å². The summed E-state index contributed by atoms with van der Waals surface area (Å²) >= 11 is 0. The molecule has 0 saturated carbocycles. The maximum Gasteiger partial charge on any atom is 0.323 e. The molecule has 0 aromatic heterocycles. The Bertz CT molecular complexity index is 1010. The number of benzene rings is 2. The Morgan fingerprint density at radius 3 is 2.47 bits per heavy atom. The molecular formula is C23H23NO6. The van der Waals surface area contributed by atoms with E-state index in [1.807, 2.05) is 0 Å². The van der Waals surface area contributed by atoms with Crippen molar-refractivity contribution in [2.24, 2.45) is 0 Å². The topological polar surface area (TPSA) is 93.1 Å². The van der Waals surface area contributed by atoms with E-state index in [1.54, 1.807) is 55.7 Å². The summed E-state index contributed by atoms with van der Waals surface area (Å²) in [5, 5.41) is 9.13. The van der Waals surface area contributed by atoms with Gasteiger partial charge in [-0.25, -0.2) is 0 Å². The molecule has 7 nitrogen and oxygen atoms in total. The second-order valence-electron chi connectivity index (χ2n) is 6.81. The Hall–Kier alpha value is -3.61. The summed E-state index contributed by atoms with van der Waals surface area (Å²) in [6.45, 7) is 1.91. The number of rotatable bonds is 8. The van der Waals surface area contributed by atoms with Crippen LogP contribution in [0.5, 0.6) is 11.5 Å². The number of carbonyl (C=O) groups excluding carboxylic acids is 2. The number of ether oxygens (including phenoxy) is 2. The van der Waals surface area contributed by atoms with Gasteiger partial charge in [-0.3, -0.25) is 19.3 Å². The number of carboxylic acids is 1. The van der Waals surface area contributed by atoms with Crippen molar-refractivity contribution in [3.63, 3.8) is 0 Å². The maximum atomic E-state index is 13.0. The molecule has 0 saturated heterocycles. The lowest BCUT2D eigenvalue weighted by Gasteiger charge is -2.27. The third kappa shape index (κ3) is 4.35. The first kappa shape index (κ1) is 21.1. The zero-order valence-corrected chi connectivity index (χ0v) is 16.9. The first-order valence-corrected chi connectivity index (χ1v) is 9.66. The molecule has 0 radical (unpaired) electrons. The molecule has 0 aliphatic carbocycles. The smallest absolute Gasteiger partial charge is 0.323 e. The van der Waals surface area contributed by atoms with Crippen molar-refractivity contribution in [1.29, 1.82) is 0 Å². The molecule has 3 rings (SSSR count). The second kappa shape index (κ2) is 9.26. The lowest BCUT2D eigenvalue weighted by Crippen LogP contribution is -2.44. The summed E-state index contributed by atoms with van der Waals surface area (Å²) in [5.41, 5.74) is 1.68. The van der Waals surface area contributed by atoms with Gasteiger partial charge in [0.1, 0.15) is 6.54 Å². The predicted octanol–water partition coefficient (Wildman–Crippen LogP) is 3.48. The maximum absolute atomic E-state index is 13.0. The van der Waals surface area contributed by atoms with Crippen LogP contribution in [-0.4, -0.2) is 48.1 Å². The largest absolute Gasteiger partial charge is 0.493 e. The fourth-order valence-electron chi connectivity index (χ4n) is 3.21. The highest BCUT2D eigenvalue weighted by Gasteiger charge is 2.35. The highest BCUT2D eigenvalue weighted by molar-refractivity contribution is 6.34. The van der Waals surface area contributed by atoms with Gasteiger partial charge in [-0.1, -0.05) is 37.6 Å². The number of hydrogen-bond donors (Lipinski definition) is 1. The van der Waals surface area contributed by atoms with Gasteiger partial charge in [0.2, 0.25) is 0 Å². The standard InChI is InChI=1S/C23H23NO6/c1-3-4-11-30-20-13-15(9-10-19(20)29-2)12-18-16-7-5-6-8-17(16)22(27)24(23(18)28)14-21(25)26/h5-10,12-13H,3-4,11,14H2,1-2H3,(H,25,26)/b18-12-. The van der Waals surface area contributed by atoms with E-state index in [2.05, 4.69) is 6.92 Å². The third-order valence-electron chi connectivity index (χ3n) is 4.72. The molecule has 2 aromatic rings. The van der Waals surface area contributed by atoms with E-state index in [0.29, 0.717) is 29.2 Å². The minimum Gasteiger partial charge on any atom is -0.493 e. The number of nitrogens with zero attached hydrogens (tertiary/aromatic N) is 1. The molecule has 1 N–H and O–H groups in total. The van der Waals surface area contributed by atoms with Crippen LogP contribution < -0.4 is 9.47 Å². The minimum atomic E-state index is -1.26. The van der Waals surface area contributed by atoms with E-state index in [0.717, 1.165) is 17.7 Å². The molecule has 1 aliphatic rings. The highest BCUT2D eigenvalue weighted by atomic mass is 16.5. The second-order valence-corrected chi connectivity index (χ2v) is 6.81. The summed E-state index contributed by atoms with van der Waals surface area (Å²) in [7, 11) is 1.55. The third-order valence-corrected chi connectivity index (χ3v) is 4.72. The van der Waals surface area contributed by atoms with Gasteiger partial charge in [0.15, 0.2) is 11.5 Å². The van der Waals surface area contributed by atoms with Crippen LogP contribution in [0.3, 0.4) is 0 Å². The van der Waals surface area contributed by atoms with Crippen LogP contribution in [0.1, 0.15) is 41.3 Å². The number of aliphatic carboxylic acids is 1. The molecular weight excluding hydrogens is 386 g/mol. The van der Waals surface area contributed by atoms with Crippen LogP contribution in [0.25, 0.3) is 11.6 Å². The molecule has 2 amide bonds. The molecule has 7 heteroatoms. The lowest BCUT2D eigenvalue weighted by atomic mass is 9.92. The molecule has 0 atom stereocenters. The number of hydrogen-bond acceptors (Lipinski definition) is 5. The fourth-order valence-corrected chi connectivity index (χ4v) is 3.21. The van der Waals surface area contributed by atoms with Gasteiger partial charge in [0.25, 0.3) is 11.8 Å². The summed E-state index contributed by atoms with van der Waals surface area (Å²) in [6.07, 6.45) is 3.52. The Labute approximate surface area is 174 Å². The monoisotopic (exact) mass is 409 g/mol. The molecule has 30 heavy (non-hydrogen) atoms. The molecule has 1 heterocycles. The quantitative estimate of drug-likeness (QED) is 0.408. The normalized spacial score (nSPS) is 14.6. The first-order valence-electron chi connectivity index (χ1n) is 9.66. The van der Waals surface area contributed by atoms with Crippen molar-refractivity contribution in [2.75, 3.05) is 20.3 Å². The number of carboxylic acid groups (broad SMARTS) is 1. The highest BCUT2D eigenvalue weighted by Crippen LogP contribution is 2.33. The number of fused-ring (bicyclic) bond motifs is 1. The Morgan fingerprint density at radius 1 is 1.07 bits per heavy atom. The molecule has 0 spiro atoms. The van der Waals surface area contributed by atoms with Crippen molar-refractivity contribution in [3.8, 4) is 11.5 Å². The molecule has 0 bridgehead atoms. The number of imide groups is 1. The van der Waals surface area contributed by atoms with E-state index in [-0.39, 0.29) is 11.1 Å². The number of unbranched alkanes of at least 4 members (excludes halogenated alkanes) is 1. The van der Waals surface area contributed by atoms with Gasteiger partial charge in [-0.2, -0.15) is 0 Å². The summed E-state index contributed by atoms with van der Waals surface area (Å²) in [5.74, 6) is -1.40. The van der Waals surface area contributed by atoms with Gasteiger partial charge in [0, 0.05) is 11.1 Å². The van der Waals surface area contributed by atoms with Crippen molar-refractivity contribution < 1.29 is 29.0 Å². The van der Waals surface area contributed by atoms with Crippen LogP contribution >= 0.6 is 0 Å². The van der Waals surface area contributed by atoms with Gasteiger partial charge < -0.3 is 14.6 Å². The first-order chi connectivity index (χ1) is 14.5. The SMILES string of the molecule is CCCCOc1cc(/C=C2\C(=O)N(CC(=O)O)C(=O)c3ccccc32)ccc1OC.